The van der Waals surface area contributed by atoms with Gasteiger partial charge >= 0.3 is 5.97 Å². The van der Waals surface area contributed by atoms with Crippen LogP contribution in [-0.4, -0.2) is 17.6 Å². The minimum Gasteiger partial charge on any atom is -0.466 e. The van der Waals surface area contributed by atoms with E-state index in [1.165, 1.54) is 18.4 Å². The molecule has 1 aliphatic rings. The van der Waals surface area contributed by atoms with Gasteiger partial charge in [0.15, 0.2) is 4.80 Å². The molecule has 1 aromatic carbocycles. The number of aromatic nitrogens is 1. The van der Waals surface area contributed by atoms with Crippen molar-refractivity contribution in [3.63, 3.8) is 0 Å². The van der Waals surface area contributed by atoms with Gasteiger partial charge in [-0.2, -0.15) is 0 Å². The molecule has 5 nitrogen and oxygen atoms in total. The SMILES string of the molecule is CCC1=C(C(=O)OC)[C@H](c2ccccc2)n2c(s/c(=C\c3ccc(Br)s3)c2=O)=N1. The summed E-state index contributed by atoms with van der Waals surface area (Å²) in [5.74, 6) is -0.462. The fraction of sp³-hybridized carbons (Fsp3) is 0.190. The van der Waals surface area contributed by atoms with Gasteiger partial charge in [-0.1, -0.05) is 48.6 Å². The van der Waals surface area contributed by atoms with Gasteiger partial charge in [0.1, 0.15) is 0 Å². The molecule has 0 radical (unpaired) electrons. The standard InChI is InChI=1S/C21H17BrN2O3S2/c1-3-14-17(20(26)27-2)18(12-7-5-4-6-8-12)24-19(25)15(29-21(24)23-14)11-13-9-10-16(22)28-13/h4-11,18H,3H2,1-2H3/b15-11-/t18-/m0/s1. The molecular formula is C21H17BrN2O3S2. The Morgan fingerprint density at radius 1 is 1.24 bits per heavy atom. The zero-order chi connectivity index (χ0) is 20.5. The lowest BCUT2D eigenvalue weighted by Crippen LogP contribution is -2.40. The van der Waals surface area contributed by atoms with Crippen molar-refractivity contribution < 1.29 is 9.53 Å². The summed E-state index contributed by atoms with van der Waals surface area (Å²) in [7, 11) is 1.35. The Hall–Kier alpha value is -2.29. The summed E-state index contributed by atoms with van der Waals surface area (Å²) < 4.78 is 8.25. The van der Waals surface area contributed by atoms with E-state index in [-0.39, 0.29) is 5.56 Å². The minimum absolute atomic E-state index is 0.163. The summed E-state index contributed by atoms with van der Waals surface area (Å²) in [5.41, 5.74) is 1.75. The van der Waals surface area contributed by atoms with Crippen molar-refractivity contribution in [1.29, 1.82) is 0 Å². The van der Waals surface area contributed by atoms with Crippen molar-refractivity contribution >= 4 is 50.6 Å². The highest BCUT2D eigenvalue weighted by Gasteiger charge is 2.33. The molecule has 148 valence electrons. The molecule has 0 saturated carbocycles. The average Bonchev–Trinajstić information content (AvgIpc) is 3.29. The topological polar surface area (TPSA) is 60.7 Å². The predicted octanol–water partition coefficient (Wildman–Crippen LogP) is 3.62. The predicted molar refractivity (Wildman–Crippen MR) is 119 cm³/mol. The van der Waals surface area contributed by atoms with Gasteiger partial charge in [0.25, 0.3) is 5.56 Å². The third-order valence-electron chi connectivity index (χ3n) is 4.63. The van der Waals surface area contributed by atoms with Crippen LogP contribution in [0.1, 0.15) is 29.8 Å². The van der Waals surface area contributed by atoms with Crippen LogP contribution in [-0.2, 0) is 9.53 Å². The average molecular weight is 489 g/mol. The Morgan fingerprint density at radius 2 is 2.00 bits per heavy atom. The molecule has 3 heterocycles. The monoisotopic (exact) mass is 488 g/mol. The fourth-order valence-electron chi connectivity index (χ4n) is 3.35. The summed E-state index contributed by atoms with van der Waals surface area (Å²) >= 11 is 6.34. The number of methoxy groups -OCH3 is 1. The minimum atomic E-state index is -0.563. The highest BCUT2D eigenvalue weighted by molar-refractivity contribution is 9.11. The maximum atomic E-state index is 13.4. The maximum absolute atomic E-state index is 13.4. The molecular weight excluding hydrogens is 472 g/mol. The van der Waals surface area contributed by atoms with Gasteiger partial charge < -0.3 is 4.74 Å². The first-order valence-corrected chi connectivity index (χ1v) is 11.4. The second-order valence-electron chi connectivity index (χ2n) is 6.34. The highest BCUT2D eigenvalue weighted by Crippen LogP contribution is 2.31. The molecule has 0 aliphatic carbocycles. The number of rotatable bonds is 4. The fourth-order valence-corrected chi connectivity index (χ4v) is 5.80. The Kier molecular flexibility index (Phi) is 5.67. The maximum Gasteiger partial charge on any atom is 0.338 e. The summed E-state index contributed by atoms with van der Waals surface area (Å²) in [6.45, 7) is 1.95. The summed E-state index contributed by atoms with van der Waals surface area (Å²) in [5, 5.41) is 0. The number of thiazole rings is 1. The van der Waals surface area contributed by atoms with E-state index in [1.54, 1.807) is 15.9 Å². The number of carbonyl (C=O) groups is 1. The van der Waals surface area contributed by atoms with Crippen LogP contribution < -0.4 is 14.9 Å². The number of halogens is 1. The lowest BCUT2D eigenvalue weighted by atomic mass is 9.95. The molecule has 8 heteroatoms. The van der Waals surface area contributed by atoms with Crippen LogP contribution in [0.15, 0.2) is 67.3 Å². The zero-order valence-corrected chi connectivity index (χ0v) is 18.9. The van der Waals surface area contributed by atoms with E-state index in [1.807, 2.05) is 55.5 Å². The van der Waals surface area contributed by atoms with Crippen molar-refractivity contribution in [3.05, 3.63) is 87.6 Å². The Morgan fingerprint density at radius 3 is 2.62 bits per heavy atom. The van der Waals surface area contributed by atoms with E-state index in [0.29, 0.717) is 27.0 Å². The number of carbonyl (C=O) groups excluding carboxylic acids is 1. The molecule has 0 fully saturated rings. The largest absolute Gasteiger partial charge is 0.466 e. The van der Waals surface area contributed by atoms with Gasteiger partial charge in [0, 0.05) is 4.88 Å². The molecule has 0 spiro atoms. The van der Waals surface area contributed by atoms with Crippen LogP contribution in [0.3, 0.4) is 0 Å². The molecule has 1 atom stereocenters. The first-order chi connectivity index (χ1) is 14.0. The summed E-state index contributed by atoms with van der Waals surface area (Å²) in [6, 6.07) is 12.9. The van der Waals surface area contributed by atoms with Crippen molar-refractivity contribution in [2.45, 2.75) is 19.4 Å². The van der Waals surface area contributed by atoms with E-state index in [4.69, 9.17) is 4.74 Å². The van der Waals surface area contributed by atoms with Crippen molar-refractivity contribution in [2.75, 3.05) is 7.11 Å². The number of hydrogen-bond acceptors (Lipinski definition) is 6. The number of nitrogens with zero attached hydrogens (tertiary/aromatic N) is 2. The first kappa shape index (κ1) is 20.0. The Bertz CT molecular complexity index is 1290. The Labute approximate surface area is 183 Å². The van der Waals surface area contributed by atoms with Crippen LogP contribution >= 0.6 is 38.6 Å². The number of fused-ring (bicyclic) bond motifs is 1. The van der Waals surface area contributed by atoms with Crippen LogP contribution in [0.5, 0.6) is 0 Å². The molecule has 0 saturated heterocycles. The lowest BCUT2D eigenvalue weighted by molar-refractivity contribution is -0.136. The molecule has 29 heavy (non-hydrogen) atoms. The molecule has 0 unspecified atom stereocenters. The van der Waals surface area contributed by atoms with Gasteiger partial charge in [-0.15, -0.1) is 11.3 Å². The van der Waals surface area contributed by atoms with Gasteiger partial charge in [0.05, 0.1) is 32.7 Å². The van der Waals surface area contributed by atoms with E-state index >= 15 is 0 Å². The second kappa shape index (κ2) is 8.22. The molecule has 4 rings (SSSR count). The third-order valence-corrected chi connectivity index (χ3v) is 7.19. The zero-order valence-electron chi connectivity index (χ0n) is 15.7. The van der Waals surface area contributed by atoms with Crippen LogP contribution in [0.25, 0.3) is 6.08 Å². The van der Waals surface area contributed by atoms with Crippen molar-refractivity contribution in [2.24, 2.45) is 4.99 Å². The van der Waals surface area contributed by atoms with Gasteiger partial charge in [-0.05, 0) is 46.1 Å². The van der Waals surface area contributed by atoms with Gasteiger partial charge in [-0.3, -0.25) is 9.36 Å². The van der Waals surface area contributed by atoms with E-state index in [2.05, 4.69) is 20.9 Å². The number of allylic oxidation sites excluding steroid dienone is 1. The van der Waals surface area contributed by atoms with Crippen LogP contribution in [0.4, 0.5) is 0 Å². The van der Waals surface area contributed by atoms with Crippen LogP contribution in [0.2, 0.25) is 0 Å². The molecule has 3 aromatic rings. The first-order valence-electron chi connectivity index (χ1n) is 8.97. The van der Waals surface area contributed by atoms with Crippen LogP contribution in [0, 0.1) is 0 Å². The molecule has 0 bridgehead atoms. The molecule has 0 N–H and O–H groups in total. The number of ether oxygens (including phenoxy) is 1. The highest BCUT2D eigenvalue weighted by atomic mass is 79.9. The number of esters is 1. The third kappa shape index (κ3) is 3.68. The normalized spacial score (nSPS) is 16.5. The summed E-state index contributed by atoms with van der Waals surface area (Å²) in [6.07, 6.45) is 2.44. The van der Waals surface area contributed by atoms with E-state index < -0.39 is 12.0 Å². The molecule has 0 amide bonds. The number of thiophene rings is 1. The quantitative estimate of drug-likeness (QED) is 0.526. The van der Waals surface area contributed by atoms with E-state index in [9.17, 15) is 9.59 Å². The van der Waals surface area contributed by atoms with Crippen molar-refractivity contribution in [1.82, 2.24) is 4.57 Å². The van der Waals surface area contributed by atoms with Gasteiger partial charge in [0.2, 0.25) is 0 Å². The van der Waals surface area contributed by atoms with E-state index in [0.717, 1.165) is 14.2 Å². The Balaban J connectivity index is 2.01. The lowest BCUT2D eigenvalue weighted by Gasteiger charge is -2.25. The van der Waals surface area contributed by atoms with Gasteiger partial charge in [-0.25, -0.2) is 9.79 Å². The number of benzene rings is 1. The summed E-state index contributed by atoms with van der Waals surface area (Å²) in [4.78, 5) is 32.3. The smallest absolute Gasteiger partial charge is 0.338 e. The number of hydrogen-bond donors (Lipinski definition) is 0. The molecule has 1 aliphatic heterocycles. The second-order valence-corrected chi connectivity index (χ2v) is 9.84. The van der Waals surface area contributed by atoms with Crippen molar-refractivity contribution in [3.8, 4) is 0 Å². The molecule has 2 aromatic heterocycles.